The smallest absolute Gasteiger partial charge is 0.254 e. The normalized spacial score (nSPS) is 23.7. The summed E-state index contributed by atoms with van der Waals surface area (Å²) in [5.41, 5.74) is 0.567. The Bertz CT molecular complexity index is 890. The lowest BCUT2D eigenvalue weighted by Crippen LogP contribution is -2.59. The molecule has 1 aromatic rings. The highest BCUT2D eigenvalue weighted by Gasteiger charge is 2.54. The Kier molecular flexibility index (Phi) is 9.26. The summed E-state index contributed by atoms with van der Waals surface area (Å²) in [5, 5.41) is 0. The Labute approximate surface area is 209 Å². The van der Waals surface area contributed by atoms with Crippen LogP contribution in [0.1, 0.15) is 70.2 Å². The molecule has 5 nitrogen and oxygen atoms in total. The zero-order chi connectivity index (χ0) is 24.2. The molecule has 1 aliphatic carbocycles. The molecule has 0 spiro atoms. The van der Waals surface area contributed by atoms with E-state index in [1.165, 1.54) is 25.5 Å². The van der Waals surface area contributed by atoms with Crippen molar-refractivity contribution >= 4 is 39.3 Å². The lowest BCUT2D eigenvalue weighted by atomic mass is 10.0. The van der Waals surface area contributed by atoms with E-state index in [0.29, 0.717) is 11.6 Å². The zero-order valence-electron chi connectivity index (χ0n) is 20.7. The molecule has 0 bridgehead atoms. The van der Waals surface area contributed by atoms with Crippen molar-refractivity contribution in [3.05, 3.63) is 29.8 Å². The first-order valence-electron chi connectivity index (χ1n) is 12.3. The number of rotatable bonds is 9. The molecule has 1 aromatic carbocycles. The monoisotopic (exact) mass is 512 g/mol. The van der Waals surface area contributed by atoms with Crippen LogP contribution in [0.25, 0.3) is 0 Å². The van der Waals surface area contributed by atoms with Crippen LogP contribution in [0.5, 0.6) is 0 Å². The van der Waals surface area contributed by atoms with Crippen LogP contribution >= 0.6 is 23.5 Å². The van der Waals surface area contributed by atoms with Gasteiger partial charge < -0.3 is 4.90 Å². The number of hydrogen-bond donors (Lipinski definition) is 0. The van der Waals surface area contributed by atoms with Crippen molar-refractivity contribution in [2.75, 3.05) is 30.9 Å². The second-order valence-corrected chi connectivity index (χ2v) is 14.9. The lowest BCUT2D eigenvalue weighted by molar-refractivity contribution is 0.0420. The van der Waals surface area contributed by atoms with Gasteiger partial charge in [0.1, 0.15) is 0 Å². The number of hydrogen-bond acceptors (Lipinski definition) is 6. The second kappa shape index (κ2) is 11.4. The van der Waals surface area contributed by atoms with Crippen LogP contribution in [0.3, 0.4) is 0 Å². The van der Waals surface area contributed by atoms with E-state index < -0.39 is 9.84 Å². The number of carbonyl (C=O) groups excluding carboxylic acids is 1. The van der Waals surface area contributed by atoms with Crippen molar-refractivity contribution in [2.45, 2.75) is 86.9 Å². The van der Waals surface area contributed by atoms with Crippen LogP contribution < -0.4 is 0 Å². The Morgan fingerprint density at radius 2 is 1.67 bits per heavy atom. The van der Waals surface area contributed by atoms with Crippen molar-refractivity contribution < 1.29 is 13.2 Å². The summed E-state index contributed by atoms with van der Waals surface area (Å²) < 4.78 is 23.9. The fraction of sp³-hybridized carbons (Fsp3) is 0.720. The van der Waals surface area contributed by atoms with Crippen LogP contribution in [-0.4, -0.2) is 77.2 Å². The minimum absolute atomic E-state index is 0.0101. The molecule has 0 N–H and O–H groups in total. The molecule has 2 unspecified atom stereocenters. The van der Waals surface area contributed by atoms with Crippen LogP contribution in [0.2, 0.25) is 0 Å². The number of sulfone groups is 1. The largest absolute Gasteiger partial charge is 0.332 e. The van der Waals surface area contributed by atoms with Gasteiger partial charge in [0.25, 0.3) is 5.91 Å². The molecule has 186 valence electrons. The van der Waals surface area contributed by atoms with Crippen molar-refractivity contribution in [3.8, 4) is 0 Å². The summed E-state index contributed by atoms with van der Waals surface area (Å²) >= 11 is 4.15. The Hall–Kier alpha value is -0.700. The molecule has 0 aromatic heterocycles. The Morgan fingerprint density at radius 1 is 1.09 bits per heavy atom. The summed E-state index contributed by atoms with van der Waals surface area (Å²) in [6.07, 6.45) is 7.07. The van der Waals surface area contributed by atoms with Gasteiger partial charge in [0.05, 0.1) is 21.1 Å². The molecule has 8 heteroatoms. The minimum Gasteiger partial charge on any atom is -0.332 e. The third kappa shape index (κ3) is 5.93. The van der Waals surface area contributed by atoms with Gasteiger partial charge in [0.2, 0.25) is 0 Å². The first kappa shape index (κ1) is 26.9. The van der Waals surface area contributed by atoms with Crippen molar-refractivity contribution in [1.29, 1.82) is 0 Å². The molecule has 33 heavy (non-hydrogen) atoms. The standard InChI is InChI=1S/C25H40N2O3S3/c1-6-31-25(32-7-2)16-15-22(23(25)26-17-9-8-10-18-26)27(19(3)4)24(28)20-11-13-21(14-12-20)33(5,29)30/h11-14,19,22-23H,6-10,15-18H2,1-5H3. The molecule has 1 heterocycles. The molecule has 2 aliphatic rings. The number of likely N-dealkylation sites (tertiary alicyclic amines) is 1. The van der Waals surface area contributed by atoms with E-state index in [9.17, 15) is 13.2 Å². The van der Waals surface area contributed by atoms with Crippen molar-refractivity contribution in [1.82, 2.24) is 9.80 Å². The summed E-state index contributed by atoms with van der Waals surface area (Å²) in [5.74, 6) is 2.16. The van der Waals surface area contributed by atoms with E-state index in [1.54, 1.807) is 24.3 Å². The van der Waals surface area contributed by atoms with E-state index in [1.807, 2.05) is 0 Å². The number of piperidine rings is 1. The number of amides is 1. The van der Waals surface area contributed by atoms with E-state index in [-0.39, 0.29) is 27.0 Å². The predicted molar refractivity (Wildman–Crippen MR) is 142 cm³/mol. The molecule has 1 aliphatic heterocycles. The highest BCUT2D eigenvalue weighted by atomic mass is 32.2. The van der Waals surface area contributed by atoms with Gasteiger partial charge in [-0.25, -0.2) is 8.42 Å². The molecular weight excluding hydrogens is 472 g/mol. The van der Waals surface area contributed by atoms with Crippen molar-refractivity contribution in [3.63, 3.8) is 0 Å². The maximum atomic E-state index is 13.8. The zero-order valence-corrected chi connectivity index (χ0v) is 23.2. The number of carbonyl (C=O) groups is 1. The summed E-state index contributed by atoms with van der Waals surface area (Å²) in [7, 11) is -3.29. The Morgan fingerprint density at radius 3 is 2.15 bits per heavy atom. The summed E-state index contributed by atoms with van der Waals surface area (Å²) in [4.78, 5) is 18.9. The third-order valence-corrected chi connectivity index (χ3v) is 11.1. The average Bonchev–Trinajstić information content (AvgIpc) is 3.12. The van der Waals surface area contributed by atoms with Crippen LogP contribution in [0.4, 0.5) is 0 Å². The Balaban J connectivity index is 1.98. The van der Waals surface area contributed by atoms with Gasteiger partial charge in [0, 0.05) is 17.9 Å². The fourth-order valence-electron chi connectivity index (χ4n) is 5.56. The summed E-state index contributed by atoms with van der Waals surface area (Å²) in [6.45, 7) is 10.9. The predicted octanol–water partition coefficient (Wildman–Crippen LogP) is 5.16. The molecule has 3 rings (SSSR count). The van der Waals surface area contributed by atoms with Gasteiger partial charge >= 0.3 is 0 Å². The van der Waals surface area contributed by atoms with Gasteiger partial charge in [-0.1, -0.05) is 20.3 Å². The molecule has 2 atom stereocenters. The average molecular weight is 513 g/mol. The highest BCUT2D eigenvalue weighted by Crippen LogP contribution is 2.53. The summed E-state index contributed by atoms with van der Waals surface area (Å²) in [6, 6.07) is 7.02. The maximum absolute atomic E-state index is 13.8. The molecule has 2 fully saturated rings. The van der Waals surface area contributed by atoms with Crippen LogP contribution in [-0.2, 0) is 9.84 Å². The first-order valence-corrected chi connectivity index (χ1v) is 16.2. The number of thioether (sulfide) groups is 2. The van der Waals surface area contributed by atoms with Crippen LogP contribution in [0.15, 0.2) is 29.2 Å². The van der Waals surface area contributed by atoms with Gasteiger partial charge in [0.15, 0.2) is 9.84 Å². The van der Waals surface area contributed by atoms with E-state index >= 15 is 0 Å². The molecule has 0 radical (unpaired) electrons. The highest BCUT2D eigenvalue weighted by molar-refractivity contribution is 8.18. The van der Waals surface area contributed by atoms with E-state index in [2.05, 4.69) is 61.0 Å². The van der Waals surface area contributed by atoms with Gasteiger partial charge in [-0.2, -0.15) is 0 Å². The maximum Gasteiger partial charge on any atom is 0.254 e. The first-order chi connectivity index (χ1) is 15.6. The van der Waals surface area contributed by atoms with Gasteiger partial charge in [-0.3, -0.25) is 9.69 Å². The lowest BCUT2D eigenvalue weighted by Gasteiger charge is -2.48. The van der Waals surface area contributed by atoms with Gasteiger partial charge in [-0.15, -0.1) is 23.5 Å². The van der Waals surface area contributed by atoms with E-state index in [0.717, 1.165) is 37.4 Å². The second-order valence-electron chi connectivity index (χ2n) is 9.43. The van der Waals surface area contributed by atoms with E-state index in [4.69, 9.17) is 0 Å². The molecule has 1 saturated heterocycles. The number of nitrogens with zero attached hydrogens (tertiary/aromatic N) is 2. The van der Waals surface area contributed by atoms with Crippen molar-refractivity contribution in [2.24, 2.45) is 0 Å². The third-order valence-electron chi connectivity index (χ3n) is 6.84. The number of benzene rings is 1. The minimum atomic E-state index is -3.29. The molecular formula is C25H40N2O3S3. The van der Waals surface area contributed by atoms with Crippen LogP contribution in [0, 0.1) is 0 Å². The SMILES string of the molecule is CCSC1(SCC)CCC(N(C(=O)c2ccc(S(C)(=O)=O)cc2)C(C)C)C1N1CCCCC1. The van der Waals surface area contributed by atoms with Gasteiger partial charge in [-0.05, 0) is 88.4 Å². The molecule has 1 saturated carbocycles. The quantitative estimate of drug-likeness (QED) is 0.426. The molecule has 1 amide bonds. The fourth-order valence-corrected chi connectivity index (χ4v) is 9.69. The topological polar surface area (TPSA) is 57.7 Å².